The normalized spacial score (nSPS) is 12.0. The van der Waals surface area contributed by atoms with E-state index in [1.54, 1.807) is 0 Å². The molecular formula is C60H104N2Ni. The first-order valence-electron chi connectivity index (χ1n) is 28.0. The van der Waals surface area contributed by atoms with Gasteiger partial charge in [-0.3, -0.25) is 9.98 Å². The van der Waals surface area contributed by atoms with Crippen molar-refractivity contribution in [2.24, 2.45) is 9.98 Å². The second-order valence-electron chi connectivity index (χ2n) is 19.4. The van der Waals surface area contributed by atoms with Gasteiger partial charge in [-0.15, -0.1) is 0 Å². The van der Waals surface area contributed by atoms with E-state index < -0.39 is 0 Å². The van der Waals surface area contributed by atoms with E-state index >= 15 is 0 Å². The van der Waals surface area contributed by atoms with Crippen molar-refractivity contribution in [1.29, 1.82) is 0 Å². The van der Waals surface area contributed by atoms with Gasteiger partial charge in [0.2, 0.25) is 0 Å². The average molecular weight is 912 g/mol. The Kier molecular flexibility index (Phi) is 40.4. The zero-order chi connectivity index (χ0) is 44.6. The van der Waals surface area contributed by atoms with Crippen LogP contribution >= 0.6 is 0 Å². The van der Waals surface area contributed by atoms with Crippen LogP contribution in [0, 0.1) is 0 Å². The zero-order valence-corrected chi connectivity index (χ0v) is 43.9. The molecule has 2 aromatic rings. The molecule has 2 rings (SSSR count). The van der Waals surface area contributed by atoms with Crippen LogP contribution in [0.5, 0.6) is 0 Å². The maximum absolute atomic E-state index is 5.51. The molecule has 2 aromatic carbocycles. The quantitative estimate of drug-likeness (QED) is 0.0360. The van der Waals surface area contributed by atoms with Crippen LogP contribution in [-0.2, 0) is 42.2 Å². The molecule has 0 bridgehead atoms. The van der Waals surface area contributed by atoms with Gasteiger partial charge in [-0.2, -0.15) is 0 Å². The summed E-state index contributed by atoms with van der Waals surface area (Å²) >= 11 is 0. The Morgan fingerprint density at radius 3 is 0.651 bits per heavy atom. The van der Waals surface area contributed by atoms with E-state index in [4.69, 9.17) is 9.98 Å². The van der Waals surface area contributed by atoms with Crippen LogP contribution in [0.3, 0.4) is 0 Å². The Hall–Kier alpha value is -1.73. The van der Waals surface area contributed by atoms with Gasteiger partial charge >= 0.3 is 0 Å². The Morgan fingerprint density at radius 2 is 0.460 bits per heavy atom. The van der Waals surface area contributed by atoms with Crippen molar-refractivity contribution in [3.8, 4) is 0 Å². The van der Waals surface area contributed by atoms with Crippen molar-refractivity contribution in [1.82, 2.24) is 0 Å². The Bertz CT molecular complexity index is 1350. The third kappa shape index (κ3) is 31.8. The molecule has 0 fully saturated rings. The molecule has 0 N–H and O–H groups in total. The molecule has 63 heavy (non-hydrogen) atoms. The number of unbranched alkanes of at least 4 members (excludes halogenated alkanes) is 32. The number of hydrogen-bond acceptors (Lipinski definition) is 2. The fourth-order valence-corrected chi connectivity index (χ4v) is 9.31. The summed E-state index contributed by atoms with van der Waals surface area (Å²) in [7, 11) is 0. The Labute approximate surface area is 404 Å². The molecule has 0 amide bonds. The Morgan fingerprint density at radius 1 is 0.270 bits per heavy atom. The molecule has 0 atom stereocenters. The summed E-state index contributed by atoms with van der Waals surface area (Å²) in [6.45, 7) is 13.7. The minimum Gasteiger partial charge on any atom is -0.252 e. The van der Waals surface area contributed by atoms with Gasteiger partial charge < -0.3 is 0 Å². The largest absolute Gasteiger partial charge is 0.252 e. The van der Waals surface area contributed by atoms with Gasteiger partial charge in [0.15, 0.2) is 0 Å². The van der Waals surface area contributed by atoms with Crippen LogP contribution in [-0.4, -0.2) is 11.4 Å². The maximum Gasteiger partial charge on any atom is 0.0639 e. The van der Waals surface area contributed by atoms with E-state index in [-0.39, 0.29) is 16.5 Å². The van der Waals surface area contributed by atoms with Crippen molar-refractivity contribution in [2.75, 3.05) is 0 Å². The maximum atomic E-state index is 5.51. The number of aryl methyl sites for hydroxylation is 4. The van der Waals surface area contributed by atoms with Crippen molar-refractivity contribution in [2.45, 2.75) is 298 Å². The minimum atomic E-state index is 0. The summed E-state index contributed by atoms with van der Waals surface area (Å²) in [6.07, 6.45) is 54.3. The molecule has 0 saturated heterocycles. The number of aliphatic imine (C=N–C) groups is 2. The van der Waals surface area contributed by atoms with E-state index in [0.29, 0.717) is 0 Å². The minimum absolute atomic E-state index is 0. The molecule has 0 aliphatic carbocycles. The third-order valence-corrected chi connectivity index (χ3v) is 13.6. The molecule has 0 heterocycles. The van der Waals surface area contributed by atoms with E-state index in [9.17, 15) is 0 Å². The van der Waals surface area contributed by atoms with Crippen LogP contribution in [0.15, 0.2) is 46.4 Å². The third-order valence-electron chi connectivity index (χ3n) is 13.6. The van der Waals surface area contributed by atoms with Gasteiger partial charge in [0.25, 0.3) is 0 Å². The van der Waals surface area contributed by atoms with Gasteiger partial charge in [0, 0.05) is 16.5 Å². The average Bonchev–Trinajstić information content (AvgIpc) is 3.29. The van der Waals surface area contributed by atoms with Crippen LogP contribution in [0.4, 0.5) is 11.4 Å². The molecule has 0 aliphatic heterocycles. The summed E-state index contributed by atoms with van der Waals surface area (Å²) in [4.78, 5) is 11.0. The second kappa shape index (κ2) is 42.9. The van der Waals surface area contributed by atoms with Crippen molar-refractivity contribution in [3.63, 3.8) is 0 Å². The van der Waals surface area contributed by atoms with E-state index in [2.05, 4.69) is 77.9 Å². The predicted octanol–water partition coefficient (Wildman–Crippen LogP) is 20.9. The summed E-state index contributed by atoms with van der Waals surface area (Å²) in [5, 5.41) is 0. The first-order valence-corrected chi connectivity index (χ1v) is 28.0. The number of nitrogens with zero attached hydrogens (tertiary/aromatic N) is 2. The smallest absolute Gasteiger partial charge is 0.0639 e. The fraction of sp³-hybridized carbons (Fsp3) is 0.767. The predicted molar refractivity (Wildman–Crippen MR) is 282 cm³/mol. The molecule has 0 saturated carbocycles. The van der Waals surface area contributed by atoms with Gasteiger partial charge in [-0.25, -0.2) is 0 Å². The van der Waals surface area contributed by atoms with Crippen LogP contribution in [0.1, 0.15) is 295 Å². The molecule has 0 aliphatic rings. The molecule has 0 spiro atoms. The summed E-state index contributed by atoms with van der Waals surface area (Å²) < 4.78 is 0. The number of rotatable bonds is 43. The monoisotopic (exact) mass is 911 g/mol. The molecule has 0 unspecified atom stereocenters. The van der Waals surface area contributed by atoms with E-state index in [1.807, 2.05) is 0 Å². The zero-order valence-electron chi connectivity index (χ0n) is 43.0. The molecule has 2 nitrogen and oxygen atoms in total. The van der Waals surface area contributed by atoms with Gasteiger partial charge in [-0.05, 0) is 97.9 Å². The van der Waals surface area contributed by atoms with Gasteiger partial charge in [0.05, 0.1) is 22.8 Å². The van der Waals surface area contributed by atoms with Crippen molar-refractivity contribution < 1.29 is 16.5 Å². The van der Waals surface area contributed by atoms with Crippen LogP contribution in [0.2, 0.25) is 0 Å². The second-order valence-corrected chi connectivity index (χ2v) is 19.4. The first kappa shape index (κ1) is 59.3. The SMILES string of the molecule is CCCCCCCCCCCCCCCCCCCCCCCCCCCCCCC(=N\c1cc(CC)cc(CC)c1)/C(CCCCCCCC)=N/c1cc(CC)cc(CC)c1.[Ni]. The van der Waals surface area contributed by atoms with Crippen molar-refractivity contribution in [3.05, 3.63) is 58.7 Å². The van der Waals surface area contributed by atoms with E-state index in [1.165, 1.54) is 252 Å². The van der Waals surface area contributed by atoms with Crippen LogP contribution < -0.4 is 0 Å². The number of benzene rings is 2. The topological polar surface area (TPSA) is 24.7 Å². The molecule has 0 aromatic heterocycles. The molecule has 0 radical (unpaired) electrons. The van der Waals surface area contributed by atoms with Gasteiger partial charge in [0.1, 0.15) is 0 Å². The molecular weight excluding hydrogens is 807 g/mol. The number of hydrogen-bond donors (Lipinski definition) is 0. The molecule has 3 heteroatoms. The standard InChI is InChI=1S/C60H104N2.Ni/c1-7-13-15-17-19-20-21-22-23-24-25-26-27-28-29-30-31-32-33-34-35-36-37-38-39-40-42-44-46-60(62-58-51-55(11-5)48-56(12-6)52-58)59(45-43-41-18-16-14-8-2)61-57-49-53(9-3)47-54(10-4)50-57;/h47-52H,7-46H2,1-6H3;/b61-59+,62-60+;. The van der Waals surface area contributed by atoms with Crippen molar-refractivity contribution >= 4 is 22.8 Å². The Balaban J connectivity index is 0.0000198. The molecule has 364 valence electrons. The summed E-state index contributed by atoms with van der Waals surface area (Å²) in [5.74, 6) is 0. The summed E-state index contributed by atoms with van der Waals surface area (Å²) in [6, 6.07) is 14.1. The van der Waals surface area contributed by atoms with Gasteiger partial charge in [-0.1, -0.05) is 259 Å². The van der Waals surface area contributed by atoms with Crippen LogP contribution in [0.25, 0.3) is 0 Å². The fourth-order valence-electron chi connectivity index (χ4n) is 9.31. The summed E-state index contributed by atoms with van der Waals surface area (Å²) in [5.41, 5.74) is 10.3. The first-order chi connectivity index (χ1) is 30.6. The van der Waals surface area contributed by atoms with E-state index in [0.717, 1.165) is 49.9 Å².